The van der Waals surface area contributed by atoms with Crippen molar-refractivity contribution in [3.05, 3.63) is 0 Å². The number of ether oxygens (including phenoxy) is 2. The first-order valence-electron chi connectivity index (χ1n) is 6.49. The lowest BCUT2D eigenvalue weighted by Gasteiger charge is -2.30. The first kappa shape index (κ1) is 15.8. The number of likely N-dealkylation sites (tertiary alicyclic amines) is 1. The summed E-state index contributed by atoms with van der Waals surface area (Å²) >= 11 is 0. The van der Waals surface area contributed by atoms with Gasteiger partial charge in [-0.2, -0.15) is 0 Å². The van der Waals surface area contributed by atoms with Crippen molar-refractivity contribution in [2.45, 2.75) is 57.8 Å². The van der Waals surface area contributed by atoms with Gasteiger partial charge in [0, 0.05) is 6.54 Å². The molecule has 6 nitrogen and oxygen atoms in total. The van der Waals surface area contributed by atoms with E-state index in [9.17, 15) is 14.7 Å². The summed E-state index contributed by atoms with van der Waals surface area (Å²) in [5.74, 6) is -0.483. The average Bonchev–Trinajstić information content (AvgIpc) is 2.75. The van der Waals surface area contributed by atoms with Crippen molar-refractivity contribution in [2.24, 2.45) is 0 Å². The van der Waals surface area contributed by atoms with Crippen molar-refractivity contribution in [3.63, 3.8) is 0 Å². The lowest BCUT2D eigenvalue weighted by molar-refractivity contribution is -0.143. The van der Waals surface area contributed by atoms with Crippen LogP contribution in [0.2, 0.25) is 0 Å². The summed E-state index contributed by atoms with van der Waals surface area (Å²) in [6.45, 7) is 5.92. The van der Waals surface area contributed by atoms with Crippen LogP contribution in [-0.2, 0) is 14.3 Å². The van der Waals surface area contributed by atoms with Crippen LogP contribution in [0.25, 0.3) is 0 Å². The van der Waals surface area contributed by atoms with Gasteiger partial charge in [-0.3, -0.25) is 4.79 Å². The number of amides is 1. The molecule has 0 saturated carbocycles. The largest absolute Gasteiger partial charge is 0.469 e. The second-order valence-electron chi connectivity index (χ2n) is 5.73. The number of esters is 1. The summed E-state index contributed by atoms with van der Waals surface area (Å²) in [6.07, 6.45) is -0.0126. The minimum absolute atomic E-state index is 0.111. The molecule has 1 amide bonds. The van der Waals surface area contributed by atoms with E-state index < -0.39 is 23.8 Å². The maximum Gasteiger partial charge on any atom is 0.410 e. The predicted molar refractivity (Wildman–Crippen MR) is 68.6 cm³/mol. The highest BCUT2D eigenvalue weighted by molar-refractivity contribution is 5.71. The minimum atomic E-state index is -0.914. The Morgan fingerprint density at radius 3 is 2.58 bits per heavy atom. The van der Waals surface area contributed by atoms with Gasteiger partial charge in [-0.1, -0.05) is 0 Å². The van der Waals surface area contributed by atoms with Gasteiger partial charge in [0.05, 0.1) is 25.7 Å². The minimum Gasteiger partial charge on any atom is -0.469 e. The Morgan fingerprint density at radius 1 is 1.42 bits per heavy atom. The Balaban J connectivity index is 2.63. The highest BCUT2D eigenvalue weighted by Crippen LogP contribution is 2.24. The molecule has 1 aliphatic heterocycles. The van der Waals surface area contributed by atoms with E-state index in [0.29, 0.717) is 13.0 Å². The topological polar surface area (TPSA) is 76.1 Å². The zero-order chi connectivity index (χ0) is 14.6. The van der Waals surface area contributed by atoms with Crippen LogP contribution in [-0.4, -0.2) is 53.5 Å². The lowest BCUT2D eigenvalue weighted by Crippen LogP contribution is -2.45. The lowest BCUT2D eigenvalue weighted by atomic mass is 10.1. The summed E-state index contributed by atoms with van der Waals surface area (Å²) in [7, 11) is 1.27. The quantitative estimate of drug-likeness (QED) is 0.785. The molecule has 0 aromatic carbocycles. The van der Waals surface area contributed by atoms with Crippen LogP contribution < -0.4 is 0 Å². The second kappa shape index (κ2) is 6.23. The molecule has 0 bridgehead atoms. The van der Waals surface area contributed by atoms with Crippen LogP contribution in [0.4, 0.5) is 4.79 Å². The summed E-state index contributed by atoms with van der Waals surface area (Å²) in [4.78, 5) is 24.7. The Bertz CT molecular complexity index is 336. The molecule has 1 N–H and O–H groups in total. The van der Waals surface area contributed by atoms with Crippen molar-refractivity contribution in [1.82, 2.24) is 4.90 Å². The fourth-order valence-electron chi connectivity index (χ4n) is 2.13. The van der Waals surface area contributed by atoms with E-state index in [0.717, 1.165) is 6.42 Å². The van der Waals surface area contributed by atoms with Gasteiger partial charge in [-0.05, 0) is 33.6 Å². The third-order valence-corrected chi connectivity index (χ3v) is 2.97. The van der Waals surface area contributed by atoms with Crippen molar-refractivity contribution in [1.29, 1.82) is 0 Å². The number of hydrogen-bond donors (Lipinski definition) is 1. The highest BCUT2D eigenvalue weighted by atomic mass is 16.6. The molecule has 1 fully saturated rings. The number of nitrogens with zero attached hydrogens (tertiary/aromatic N) is 1. The monoisotopic (exact) mass is 273 g/mol. The number of hydrogen-bond acceptors (Lipinski definition) is 5. The molecule has 110 valence electrons. The normalized spacial score (nSPS) is 21.1. The smallest absolute Gasteiger partial charge is 0.410 e. The molecule has 0 unspecified atom stereocenters. The summed E-state index contributed by atoms with van der Waals surface area (Å²) in [6, 6.07) is -0.381. The number of carbonyl (C=O) groups is 2. The molecule has 2 atom stereocenters. The van der Waals surface area contributed by atoms with Gasteiger partial charge in [0.15, 0.2) is 0 Å². The Hall–Kier alpha value is -1.30. The van der Waals surface area contributed by atoms with Crippen LogP contribution in [0.15, 0.2) is 0 Å². The molecule has 0 spiro atoms. The molecule has 1 rings (SSSR count). The number of methoxy groups -OCH3 is 1. The van der Waals surface area contributed by atoms with E-state index in [4.69, 9.17) is 4.74 Å². The van der Waals surface area contributed by atoms with Crippen molar-refractivity contribution >= 4 is 12.1 Å². The summed E-state index contributed by atoms with van der Waals surface area (Å²) < 4.78 is 9.82. The van der Waals surface area contributed by atoms with Gasteiger partial charge in [0.1, 0.15) is 5.60 Å². The van der Waals surface area contributed by atoms with E-state index in [1.165, 1.54) is 12.0 Å². The Labute approximate surface area is 113 Å². The molecule has 1 heterocycles. The first-order chi connectivity index (χ1) is 8.74. The average molecular weight is 273 g/mol. The van der Waals surface area contributed by atoms with Gasteiger partial charge in [-0.25, -0.2) is 4.79 Å². The van der Waals surface area contributed by atoms with Crippen LogP contribution in [0, 0.1) is 0 Å². The molecule has 19 heavy (non-hydrogen) atoms. The van der Waals surface area contributed by atoms with Gasteiger partial charge in [-0.15, -0.1) is 0 Å². The van der Waals surface area contributed by atoms with Crippen LogP contribution in [0.3, 0.4) is 0 Å². The zero-order valence-electron chi connectivity index (χ0n) is 12.0. The maximum absolute atomic E-state index is 12.0. The highest BCUT2D eigenvalue weighted by Gasteiger charge is 2.37. The molecule has 1 saturated heterocycles. The summed E-state index contributed by atoms with van der Waals surface area (Å²) in [5.41, 5.74) is -0.572. The molecular weight excluding hydrogens is 250 g/mol. The molecule has 0 radical (unpaired) electrons. The zero-order valence-corrected chi connectivity index (χ0v) is 12.0. The van der Waals surface area contributed by atoms with E-state index in [1.54, 1.807) is 20.8 Å². The molecule has 1 aliphatic rings. The molecular formula is C13H23NO5. The van der Waals surface area contributed by atoms with E-state index >= 15 is 0 Å². The third kappa shape index (κ3) is 4.70. The maximum atomic E-state index is 12.0. The van der Waals surface area contributed by atoms with Crippen molar-refractivity contribution in [2.75, 3.05) is 13.7 Å². The standard InChI is InChI=1S/C13H23NO5/c1-13(2,3)19-12(17)14-7-5-6-9(14)10(15)8-11(16)18-4/h9-10,15H,5-8H2,1-4H3/t9-,10-/m0/s1. The predicted octanol–water partition coefficient (Wildman–Crippen LogP) is 1.31. The van der Waals surface area contributed by atoms with Gasteiger partial charge in [0.2, 0.25) is 0 Å². The van der Waals surface area contributed by atoms with Gasteiger partial charge < -0.3 is 19.5 Å². The van der Waals surface area contributed by atoms with Crippen molar-refractivity contribution < 1.29 is 24.2 Å². The number of aliphatic hydroxyl groups is 1. The Kier molecular flexibility index (Phi) is 5.17. The van der Waals surface area contributed by atoms with E-state index in [-0.39, 0.29) is 12.5 Å². The van der Waals surface area contributed by atoms with Crippen LogP contribution >= 0.6 is 0 Å². The van der Waals surface area contributed by atoms with Gasteiger partial charge >= 0.3 is 12.1 Å². The first-order valence-corrected chi connectivity index (χ1v) is 6.49. The van der Waals surface area contributed by atoms with Crippen LogP contribution in [0.5, 0.6) is 0 Å². The Morgan fingerprint density at radius 2 is 2.05 bits per heavy atom. The van der Waals surface area contributed by atoms with Gasteiger partial charge in [0.25, 0.3) is 0 Å². The number of aliphatic hydroxyl groups excluding tert-OH is 1. The third-order valence-electron chi connectivity index (χ3n) is 2.97. The van der Waals surface area contributed by atoms with E-state index in [1.807, 2.05) is 0 Å². The molecule has 6 heteroatoms. The SMILES string of the molecule is COC(=O)C[C@H](O)[C@@H]1CCCN1C(=O)OC(C)(C)C. The second-order valence-corrected chi connectivity index (χ2v) is 5.73. The number of rotatable bonds is 3. The van der Waals surface area contributed by atoms with E-state index in [2.05, 4.69) is 4.74 Å². The summed E-state index contributed by atoms with van der Waals surface area (Å²) in [5, 5.41) is 10.0. The fraction of sp³-hybridized carbons (Fsp3) is 0.846. The molecule has 0 aliphatic carbocycles. The number of carbonyl (C=O) groups excluding carboxylic acids is 2. The van der Waals surface area contributed by atoms with Crippen LogP contribution in [0.1, 0.15) is 40.0 Å². The van der Waals surface area contributed by atoms with Crippen molar-refractivity contribution in [3.8, 4) is 0 Å². The molecule has 0 aromatic heterocycles. The fourth-order valence-corrected chi connectivity index (χ4v) is 2.13. The molecule has 0 aromatic rings.